The Bertz CT molecular complexity index is 794. The van der Waals surface area contributed by atoms with Crippen LogP contribution >= 0.6 is 24.0 Å². The fourth-order valence-electron chi connectivity index (χ4n) is 4.50. The summed E-state index contributed by atoms with van der Waals surface area (Å²) in [6.45, 7) is 8.10. The van der Waals surface area contributed by atoms with E-state index >= 15 is 0 Å². The van der Waals surface area contributed by atoms with Crippen molar-refractivity contribution in [2.75, 3.05) is 44.2 Å². The van der Waals surface area contributed by atoms with Crippen molar-refractivity contribution >= 4 is 35.9 Å². The SMILES string of the molecule is CCN1CCCC1CN=C(NCCc1ccco1)NC1CCN(c2ncccn2)CC1.I. The standard InChI is InChI=1S/C23H35N7O.HI/c1-2-29-14-3-6-20(29)18-27-22(24-13-8-21-7-4-17-31-21)28-19-9-15-30(16-10-19)23-25-11-5-12-26-23;/h4-5,7,11-12,17,19-20H,2-3,6,8-10,13-16,18H2,1H3,(H2,24,27,28);1H. The third-order valence-electron chi connectivity index (χ3n) is 6.28. The Labute approximate surface area is 208 Å². The van der Waals surface area contributed by atoms with Gasteiger partial charge in [-0.3, -0.25) is 9.89 Å². The van der Waals surface area contributed by atoms with Crippen molar-refractivity contribution in [2.45, 2.75) is 51.1 Å². The number of furan rings is 1. The average molecular weight is 553 g/mol. The summed E-state index contributed by atoms with van der Waals surface area (Å²) < 4.78 is 5.46. The molecule has 0 saturated carbocycles. The zero-order valence-electron chi connectivity index (χ0n) is 18.9. The molecule has 2 N–H and O–H groups in total. The normalized spacial score (nSPS) is 20.2. The molecule has 4 rings (SSSR count). The topological polar surface area (TPSA) is 81.8 Å². The zero-order valence-corrected chi connectivity index (χ0v) is 21.3. The molecule has 0 radical (unpaired) electrons. The van der Waals surface area contributed by atoms with E-state index in [0.29, 0.717) is 12.1 Å². The van der Waals surface area contributed by atoms with E-state index in [9.17, 15) is 0 Å². The number of aliphatic imine (C=N–C) groups is 1. The third-order valence-corrected chi connectivity index (χ3v) is 6.28. The first-order valence-corrected chi connectivity index (χ1v) is 11.6. The predicted molar refractivity (Wildman–Crippen MR) is 139 cm³/mol. The molecule has 4 heterocycles. The summed E-state index contributed by atoms with van der Waals surface area (Å²) in [5, 5.41) is 7.21. The third kappa shape index (κ3) is 7.06. The van der Waals surface area contributed by atoms with E-state index in [1.165, 1.54) is 19.4 Å². The van der Waals surface area contributed by atoms with Crippen LogP contribution in [0.1, 0.15) is 38.4 Å². The summed E-state index contributed by atoms with van der Waals surface area (Å²) in [6, 6.07) is 6.78. The largest absolute Gasteiger partial charge is 0.469 e. The lowest BCUT2D eigenvalue weighted by molar-refractivity contribution is 0.272. The number of hydrogen-bond acceptors (Lipinski definition) is 6. The lowest BCUT2D eigenvalue weighted by atomic mass is 10.1. The fraction of sp³-hybridized carbons (Fsp3) is 0.609. The molecule has 0 amide bonds. The van der Waals surface area contributed by atoms with Gasteiger partial charge in [-0.05, 0) is 57.0 Å². The number of rotatable bonds is 8. The van der Waals surface area contributed by atoms with Crippen molar-refractivity contribution in [2.24, 2.45) is 4.99 Å². The van der Waals surface area contributed by atoms with Gasteiger partial charge in [0.25, 0.3) is 0 Å². The van der Waals surface area contributed by atoms with Gasteiger partial charge in [-0.15, -0.1) is 24.0 Å². The summed E-state index contributed by atoms with van der Waals surface area (Å²) in [4.78, 5) is 18.6. The Balaban J connectivity index is 0.00000289. The van der Waals surface area contributed by atoms with Gasteiger partial charge in [0.15, 0.2) is 5.96 Å². The monoisotopic (exact) mass is 553 g/mol. The molecule has 2 aliphatic heterocycles. The van der Waals surface area contributed by atoms with Crippen LogP contribution in [0, 0.1) is 0 Å². The number of nitrogens with zero attached hydrogens (tertiary/aromatic N) is 5. The van der Waals surface area contributed by atoms with Crippen molar-refractivity contribution in [3.63, 3.8) is 0 Å². The maximum atomic E-state index is 5.46. The summed E-state index contributed by atoms with van der Waals surface area (Å²) in [5.74, 6) is 2.74. The van der Waals surface area contributed by atoms with E-state index < -0.39 is 0 Å². The number of guanidine groups is 1. The van der Waals surface area contributed by atoms with Crippen molar-refractivity contribution in [3.05, 3.63) is 42.6 Å². The van der Waals surface area contributed by atoms with Crippen LogP contribution in [0.4, 0.5) is 5.95 Å². The molecular weight excluding hydrogens is 517 g/mol. The second kappa shape index (κ2) is 13.0. The highest BCUT2D eigenvalue weighted by Gasteiger charge is 2.24. The Kier molecular flexibility index (Phi) is 10.0. The Hall–Kier alpha value is -1.88. The average Bonchev–Trinajstić information content (AvgIpc) is 3.50. The van der Waals surface area contributed by atoms with Crippen LogP contribution in [0.2, 0.25) is 0 Å². The van der Waals surface area contributed by atoms with Crippen LogP contribution in [-0.4, -0.2) is 72.2 Å². The van der Waals surface area contributed by atoms with Gasteiger partial charge in [-0.1, -0.05) is 6.92 Å². The molecule has 8 nitrogen and oxygen atoms in total. The zero-order chi connectivity index (χ0) is 21.3. The van der Waals surface area contributed by atoms with Gasteiger partial charge in [0.2, 0.25) is 5.95 Å². The van der Waals surface area contributed by atoms with Gasteiger partial charge in [-0.2, -0.15) is 0 Å². The van der Waals surface area contributed by atoms with Gasteiger partial charge in [0.05, 0.1) is 12.8 Å². The van der Waals surface area contributed by atoms with Gasteiger partial charge in [0.1, 0.15) is 5.76 Å². The van der Waals surface area contributed by atoms with Gasteiger partial charge < -0.3 is 20.0 Å². The molecule has 32 heavy (non-hydrogen) atoms. The molecule has 2 saturated heterocycles. The molecule has 1 atom stereocenters. The number of hydrogen-bond donors (Lipinski definition) is 2. The number of anilines is 1. The van der Waals surface area contributed by atoms with Crippen LogP contribution in [0.3, 0.4) is 0 Å². The predicted octanol–water partition coefficient (Wildman–Crippen LogP) is 2.92. The first-order valence-electron chi connectivity index (χ1n) is 11.6. The van der Waals surface area contributed by atoms with E-state index in [4.69, 9.17) is 9.41 Å². The van der Waals surface area contributed by atoms with Crippen molar-refractivity contribution in [3.8, 4) is 0 Å². The van der Waals surface area contributed by atoms with E-state index in [1.807, 2.05) is 30.6 Å². The van der Waals surface area contributed by atoms with E-state index in [1.54, 1.807) is 6.26 Å². The molecule has 1 unspecified atom stereocenters. The van der Waals surface area contributed by atoms with Crippen molar-refractivity contribution in [1.29, 1.82) is 0 Å². The summed E-state index contributed by atoms with van der Waals surface area (Å²) >= 11 is 0. The number of aromatic nitrogens is 2. The quantitative estimate of drug-likeness (QED) is 0.296. The lowest BCUT2D eigenvalue weighted by Gasteiger charge is -2.33. The molecule has 2 aromatic heterocycles. The van der Waals surface area contributed by atoms with Crippen molar-refractivity contribution in [1.82, 2.24) is 25.5 Å². The maximum Gasteiger partial charge on any atom is 0.225 e. The van der Waals surface area contributed by atoms with Crippen LogP contribution in [-0.2, 0) is 6.42 Å². The first-order chi connectivity index (χ1) is 15.3. The molecule has 2 aromatic rings. The maximum absolute atomic E-state index is 5.46. The van der Waals surface area contributed by atoms with Crippen LogP contribution in [0.25, 0.3) is 0 Å². The molecule has 9 heteroatoms. The number of halogens is 1. The first kappa shape index (κ1) is 24.8. The Morgan fingerprint density at radius 3 is 2.69 bits per heavy atom. The van der Waals surface area contributed by atoms with E-state index in [0.717, 1.165) is 69.7 Å². The highest BCUT2D eigenvalue weighted by atomic mass is 127. The minimum absolute atomic E-state index is 0. The highest BCUT2D eigenvalue weighted by molar-refractivity contribution is 14.0. The molecule has 176 valence electrons. The lowest BCUT2D eigenvalue weighted by Crippen LogP contribution is -2.49. The summed E-state index contributed by atoms with van der Waals surface area (Å²) in [6.07, 6.45) is 10.8. The van der Waals surface area contributed by atoms with Crippen LogP contribution in [0.15, 0.2) is 46.3 Å². The number of piperidine rings is 1. The van der Waals surface area contributed by atoms with Gasteiger partial charge in [-0.25, -0.2) is 9.97 Å². The van der Waals surface area contributed by atoms with E-state index in [2.05, 4.69) is 37.3 Å². The molecule has 2 aliphatic rings. The molecule has 0 aromatic carbocycles. The Morgan fingerprint density at radius 1 is 1.16 bits per heavy atom. The molecule has 0 aliphatic carbocycles. The number of nitrogens with one attached hydrogen (secondary N) is 2. The van der Waals surface area contributed by atoms with E-state index in [-0.39, 0.29) is 24.0 Å². The van der Waals surface area contributed by atoms with Crippen LogP contribution < -0.4 is 15.5 Å². The summed E-state index contributed by atoms with van der Waals surface area (Å²) in [5.41, 5.74) is 0. The van der Waals surface area contributed by atoms with Gasteiger partial charge in [0, 0.05) is 50.5 Å². The molecular formula is C23H36IN7O. The van der Waals surface area contributed by atoms with Gasteiger partial charge >= 0.3 is 0 Å². The van der Waals surface area contributed by atoms with Crippen LogP contribution in [0.5, 0.6) is 0 Å². The van der Waals surface area contributed by atoms with Crippen molar-refractivity contribution < 1.29 is 4.42 Å². The molecule has 0 bridgehead atoms. The number of likely N-dealkylation sites (N-methyl/N-ethyl adjacent to an activating group) is 1. The smallest absolute Gasteiger partial charge is 0.225 e. The Morgan fingerprint density at radius 2 is 1.97 bits per heavy atom. The second-order valence-corrected chi connectivity index (χ2v) is 8.32. The molecule has 0 spiro atoms. The number of likely N-dealkylation sites (tertiary alicyclic amines) is 1. The highest BCUT2D eigenvalue weighted by Crippen LogP contribution is 2.17. The molecule has 2 fully saturated rings. The summed E-state index contributed by atoms with van der Waals surface area (Å²) in [7, 11) is 0. The minimum Gasteiger partial charge on any atom is -0.469 e. The minimum atomic E-state index is 0. The fourth-order valence-corrected chi connectivity index (χ4v) is 4.50. The second-order valence-electron chi connectivity index (χ2n) is 8.32.